The zero-order valence-corrected chi connectivity index (χ0v) is 10.0. The third-order valence-electron chi connectivity index (χ3n) is 2.45. The number of aromatic nitrogens is 1. The van der Waals surface area contributed by atoms with Crippen LogP contribution in [0.15, 0.2) is 16.0 Å². The monoisotopic (exact) mass is 217 g/mol. The molecule has 0 aromatic carbocycles. The topological polar surface area (TPSA) is 58.1 Å². The van der Waals surface area contributed by atoms with E-state index in [1.165, 1.54) is 4.68 Å². The molecule has 0 bridgehead atoms. The van der Waals surface area contributed by atoms with Crippen molar-refractivity contribution in [1.82, 2.24) is 4.68 Å². The van der Waals surface area contributed by atoms with E-state index in [1.807, 2.05) is 26.8 Å². The molecule has 1 heterocycles. The van der Waals surface area contributed by atoms with Crippen LogP contribution < -0.4 is 5.56 Å². The third kappa shape index (κ3) is 2.19. The first-order valence-electron chi connectivity index (χ1n) is 5.19. The van der Waals surface area contributed by atoms with E-state index in [9.17, 15) is 4.79 Å². The molecule has 0 atom stereocenters. The average Bonchev–Trinajstić information content (AvgIpc) is 2.24. The second-order valence-electron chi connectivity index (χ2n) is 3.76. The minimum atomic E-state index is -0.340. The highest BCUT2D eigenvalue weighted by atomic mass is 16.1. The Morgan fingerprint density at radius 1 is 1.56 bits per heavy atom. The lowest BCUT2D eigenvalue weighted by Gasteiger charge is -2.07. The highest BCUT2D eigenvalue weighted by Crippen LogP contribution is 2.05. The van der Waals surface area contributed by atoms with Gasteiger partial charge in [0, 0.05) is 11.4 Å². The van der Waals surface area contributed by atoms with Crippen LogP contribution in [0.5, 0.6) is 0 Å². The van der Waals surface area contributed by atoms with Gasteiger partial charge in [-0.3, -0.25) is 4.79 Å². The number of pyridine rings is 1. The summed E-state index contributed by atoms with van der Waals surface area (Å²) in [7, 11) is 0. The molecule has 1 rings (SSSR count). The van der Waals surface area contributed by atoms with Gasteiger partial charge in [-0.15, -0.1) is 0 Å². The molecule has 0 saturated heterocycles. The number of aryl methyl sites for hydroxylation is 2. The first-order valence-corrected chi connectivity index (χ1v) is 5.19. The zero-order valence-electron chi connectivity index (χ0n) is 10.0. The van der Waals surface area contributed by atoms with Crippen molar-refractivity contribution < 1.29 is 0 Å². The Labute approximate surface area is 94.8 Å². The average molecular weight is 217 g/mol. The molecule has 0 aliphatic carbocycles. The maximum Gasteiger partial charge on any atom is 0.289 e. The summed E-state index contributed by atoms with van der Waals surface area (Å²) < 4.78 is 1.30. The predicted molar refractivity (Wildman–Crippen MR) is 63.7 cm³/mol. The van der Waals surface area contributed by atoms with Crippen molar-refractivity contribution in [3.63, 3.8) is 0 Å². The maximum absolute atomic E-state index is 11.9. The largest absolute Gasteiger partial charge is 0.289 e. The lowest BCUT2D eigenvalue weighted by atomic mass is 10.1. The van der Waals surface area contributed by atoms with Crippen LogP contribution in [-0.2, 0) is 0 Å². The van der Waals surface area contributed by atoms with Gasteiger partial charge >= 0.3 is 0 Å². The van der Waals surface area contributed by atoms with Crippen LogP contribution in [0, 0.1) is 25.2 Å². The molecule has 0 aliphatic rings. The summed E-state index contributed by atoms with van der Waals surface area (Å²) in [5.41, 5.74) is 2.13. The normalized spacial score (nSPS) is 11.3. The maximum atomic E-state index is 11.9. The fourth-order valence-electron chi connectivity index (χ4n) is 1.38. The van der Waals surface area contributed by atoms with Gasteiger partial charge in [0.1, 0.15) is 11.6 Å². The van der Waals surface area contributed by atoms with E-state index in [-0.39, 0.29) is 11.1 Å². The fraction of sp³-hybridized carbons (Fsp3) is 0.417. The van der Waals surface area contributed by atoms with Crippen LogP contribution in [-0.4, -0.2) is 10.4 Å². The van der Waals surface area contributed by atoms with Crippen molar-refractivity contribution in [2.24, 2.45) is 5.10 Å². The van der Waals surface area contributed by atoms with Gasteiger partial charge in [-0.25, -0.2) is 4.68 Å². The molecule has 1 aromatic rings. The lowest BCUT2D eigenvalue weighted by Crippen LogP contribution is -2.23. The van der Waals surface area contributed by atoms with E-state index in [0.717, 1.165) is 17.8 Å². The second-order valence-corrected chi connectivity index (χ2v) is 3.76. The number of nitrogens with zero attached hydrogens (tertiary/aromatic N) is 3. The third-order valence-corrected chi connectivity index (χ3v) is 2.45. The summed E-state index contributed by atoms with van der Waals surface area (Å²) in [5.74, 6) is 0. The summed E-state index contributed by atoms with van der Waals surface area (Å²) in [5, 5.41) is 13.1. The molecule has 0 saturated carbocycles. The quantitative estimate of drug-likeness (QED) is 0.711. The standard InChI is InChI=1S/C12H15N3O/c1-5-9(3)14-15-10(4)6-8(2)11(7-13)12(15)16/h6H,5H2,1-4H3/b14-9+. The molecule has 4 heteroatoms. The van der Waals surface area contributed by atoms with Gasteiger partial charge in [-0.05, 0) is 38.8 Å². The molecular formula is C12H15N3O. The summed E-state index contributed by atoms with van der Waals surface area (Å²) in [4.78, 5) is 11.9. The zero-order chi connectivity index (χ0) is 12.3. The second kappa shape index (κ2) is 4.75. The van der Waals surface area contributed by atoms with Gasteiger partial charge in [0.15, 0.2) is 0 Å². The number of nitriles is 1. The Morgan fingerprint density at radius 3 is 2.69 bits per heavy atom. The molecule has 4 nitrogen and oxygen atoms in total. The van der Waals surface area contributed by atoms with E-state index in [0.29, 0.717) is 5.56 Å². The summed E-state index contributed by atoms with van der Waals surface area (Å²) in [6.45, 7) is 7.39. The molecule has 84 valence electrons. The fourth-order valence-corrected chi connectivity index (χ4v) is 1.38. The number of rotatable bonds is 2. The van der Waals surface area contributed by atoms with Crippen molar-refractivity contribution in [3.05, 3.63) is 33.2 Å². The molecule has 0 spiro atoms. The first kappa shape index (κ1) is 12.2. The van der Waals surface area contributed by atoms with E-state index in [2.05, 4.69) is 5.10 Å². The van der Waals surface area contributed by atoms with Crippen LogP contribution in [0.2, 0.25) is 0 Å². The number of hydrogen-bond acceptors (Lipinski definition) is 3. The SMILES string of the molecule is CC/C(C)=N/n1c(C)cc(C)c(C#N)c1=O. The Kier molecular flexibility index (Phi) is 3.62. The van der Waals surface area contributed by atoms with Crippen LogP contribution in [0.1, 0.15) is 37.1 Å². The van der Waals surface area contributed by atoms with Gasteiger partial charge in [0.05, 0.1) is 0 Å². The molecule has 0 unspecified atom stereocenters. The first-order chi connectivity index (χ1) is 7.51. The predicted octanol–water partition coefficient (Wildman–Crippen LogP) is 1.97. The highest BCUT2D eigenvalue weighted by molar-refractivity contribution is 5.81. The summed E-state index contributed by atoms with van der Waals surface area (Å²) in [6, 6.07) is 3.72. The van der Waals surface area contributed by atoms with Gasteiger partial charge in [0.2, 0.25) is 0 Å². The molecule has 16 heavy (non-hydrogen) atoms. The van der Waals surface area contributed by atoms with Gasteiger partial charge in [-0.1, -0.05) is 6.92 Å². The lowest BCUT2D eigenvalue weighted by molar-refractivity contribution is 0.776. The van der Waals surface area contributed by atoms with Crippen molar-refractivity contribution in [2.75, 3.05) is 0 Å². The van der Waals surface area contributed by atoms with Crippen LogP contribution in [0.25, 0.3) is 0 Å². The summed E-state index contributed by atoms with van der Waals surface area (Å²) in [6.07, 6.45) is 0.779. The van der Waals surface area contributed by atoms with E-state index in [1.54, 1.807) is 13.0 Å². The molecule has 0 fully saturated rings. The van der Waals surface area contributed by atoms with E-state index < -0.39 is 0 Å². The van der Waals surface area contributed by atoms with Gasteiger partial charge in [-0.2, -0.15) is 10.4 Å². The van der Waals surface area contributed by atoms with Crippen molar-refractivity contribution in [3.8, 4) is 6.07 Å². The minimum Gasteiger partial charge on any atom is -0.266 e. The van der Waals surface area contributed by atoms with E-state index >= 15 is 0 Å². The van der Waals surface area contributed by atoms with E-state index in [4.69, 9.17) is 5.26 Å². The Balaban J connectivity index is 3.54. The Morgan fingerprint density at radius 2 is 2.19 bits per heavy atom. The molecule has 1 aromatic heterocycles. The highest BCUT2D eigenvalue weighted by Gasteiger charge is 2.09. The van der Waals surface area contributed by atoms with Crippen LogP contribution in [0.3, 0.4) is 0 Å². The van der Waals surface area contributed by atoms with Crippen LogP contribution in [0.4, 0.5) is 0 Å². The molecule has 0 aliphatic heterocycles. The Hall–Kier alpha value is -1.89. The molecular weight excluding hydrogens is 202 g/mol. The van der Waals surface area contributed by atoms with Gasteiger partial charge < -0.3 is 0 Å². The molecule has 0 amide bonds. The smallest absolute Gasteiger partial charge is 0.266 e. The van der Waals surface area contributed by atoms with Crippen molar-refractivity contribution in [2.45, 2.75) is 34.1 Å². The summed E-state index contributed by atoms with van der Waals surface area (Å²) >= 11 is 0. The molecule has 0 N–H and O–H groups in total. The van der Waals surface area contributed by atoms with Crippen molar-refractivity contribution >= 4 is 5.71 Å². The minimum absolute atomic E-state index is 0.165. The van der Waals surface area contributed by atoms with Crippen molar-refractivity contribution in [1.29, 1.82) is 5.26 Å². The molecule has 0 radical (unpaired) electrons. The van der Waals surface area contributed by atoms with Gasteiger partial charge in [0.25, 0.3) is 5.56 Å². The van der Waals surface area contributed by atoms with Crippen LogP contribution >= 0.6 is 0 Å². The Bertz CT molecular complexity index is 532. The number of hydrogen-bond donors (Lipinski definition) is 0.